The van der Waals surface area contributed by atoms with Gasteiger partial charge in [-0.3, -0.25) is 14.4 Å². The summed E-state index contributed by atoms with van der Waals surface area (Å²) >= 11 is 0. The van der Waals surface area contributed by atoms with Crippen molar-refractivity contribution in [3.05, 3.63) is 41.6 Å². The number of piperazine rings is 1. The van der Waals surface area contributed by atoms with Crippen molar-refractivity contribution in [3.8, 4) is 0 Å². The molecule has 2 N–H and O–H groups in total. The van der Waals surface area contributed by atoms with E-state index in [9.17, 15) is 18.0 Å². The van der Waals surface area contributed by atoms with Gasteiger partial charge >= 0.3 is 6.03 Å². The van der Waals surface area contributed by atoms with Crippen molar-refractivity contribution >= 4 is 33.5 Å². The van der Waals surface area contributed by atoms with Crippen LogP contribution in [-0.2, 0) is 21.4 Å². The third-order valence-corrected chi connectivity index (χ3v) is 7.22. The fourth-order valence-electron chi connectivity index (χ4n) is 4.82. The first-order chi connectivity index (χ1) is 17.1. The molecule has 1 aromatic heterocycles. The maximum Gasteiger partial charge on any atom is 0.344 e. The van der Waals surface area contributed by atoms with Crippen molar-refractivity contribution in [2.45, 2.75) is 39.3 Å². The van der Waals surface area contributed by atoms with Crippen molar-refractivity contribution < 1.29 is 18.0 Å². The lowest BCUT2D eigenvalue weighted by Crippen LogP contribution is -2.49. The van der Waals surface area contributed by atoms with Crippen molar-refractivity contribution in [2.75, 3.05) is 55.1 Å². The van der Waals surface area contributed by atoms with E-state index in [2.05, 4.69) is 50.1 Å². The number of hydrogen-bond donors (Lipinski definition) is 2. The molecular formula is C24H35N7O4S. The monoisotopic (exact) mass is 517 g/mol. The van der Waals surface area contributed by atoms with E-state index < -0.39 is 10.0 Å². The molecule has 0 bridgehead atoms. The van der Waals surface area contributed by atoms with Crippen LogP contribution in [0.25, 0.3) is 0 Å². The summed E-state index contributed by atoms with van der Waals surface area (Å²) in [5.74, 6) is 0.158. The maximum absolute atomic E-state index is 12.8. The summed E-state index contributed by atoms with van der Waals surface area (Å²) in [6.45, 7) is 8.99. The Bertz CT molecular complexity index is 1200. The van der Waals surface area contributed by atoms with Crippen LogP contribution in [0.3, 0.4) is 0 Å². The van der Waals surface area contributed by atoms with Crippen molar-refractivity contribution in [1.29, 1.82) is 0 Å². The number of aromatic nitrogens is 2. The van der Waals surface area contributed by atoms with Crippen LogP contribution in [0.15, 0.2) is 30.5 Å². The Morgan fingerprint density at radius 3 is 2.39 bits per heavy atom. The highest BCUT2D eigenvalue weighted by Gasteiger charge is 2.24. The second-order valence-corrected chi connectivity index (χ2v) is 11.4. The van der Waals surface area contributed by atoms with Crippen molar-refractivity contribution in [2.24, 2.45) is 0 Å². The highest BCUT2D eigenvalue weighted by molar-refractivity contribution is 7.92. The molecule has 3 heterocycles. The van der Waals surface area contributed by atoms with E-state index in [0.29, 0.717) is 13.1 Å². The predicted octanol–water partition coefficient (Wildman–Crippen LogP) is 1.45. The number of amides is 2. The van der Waals surface area contributed by atoms with Crippen LogP contribution < -0.4 is 14.9 Å². The topological polar surface area (TPSA) is 120 Å². The van der Waals surface area contributed by atoms with E-state index in [4.69, 9.17) is 0 Å². The zero-order valence-corrected chi connectivity index (χ0v) is 21.9. The number of aryl methyl sites for hydroxylation is 1. The molecule has 2 aromatic rings. The number of rotatable bonds is 6. The van der Waals surface area contributed by atoms with E-state index in [1.807, 2.05) is 0 Å². The van der Waals surface area contributed by atoms with Crippen LogP contribution >= 0.6 is 0 Å². The zero-order chi connectivity index (χ0) is 25.9. The Morgan fingerprint density at radius 1 is 1.06 bits per heavy atom. The molecule has 0 atom stereocenters. The number of nitrogens with zero attached hydrogens (tertiary/aromatic N) is 5. The third kappa shape index (κ3) is 6.76. The summed E-state index contributed by atoms with van der Waals surface area (Å²) in [4.78, 5) is 30.6. The molecule has 0 radical (unpaired) electrons. The summed E-state index contributed by atoms with van der Waals surface area (Å²) in [6, 6.07) is 8.06. The largest absolute Gasteiger partial charge is 0.371 e. The van der Waals surface area contributed by atoms with Crippen LogP contribution in [0, 0.1) is 6.92 Å². The lowest BCUT2D eigenvalue weighted by atomic mass is 10.0. The van der Waals surface area contributed by atoms with Gasteiger partial charge in [0.15, 0.2) is 5.82 Å². The first-order valence-corrected chi connectivity index (χ1v) is 14.1. The first kappa shape index (κ1) is 26.0. The van der Waals surface area contributed by atoms with E-state index in [1.165, 1.54) is 33.8 Å². The molecule has 11 nitrogen and oxygen atoms in total. The number of carbonyl (C=O) groups is 2. The highest BCUT2D eigenvalue weighted by atomic mass is 32.2. The minimum atomic E-state index is -3.45. The van der Waals surface area contributed by atoms with Gasteiger partial charge in [0.05, 0.1) is 6.26 Å². The SMILES string of the molecule is CC(=O)NC1CCN(c2cc(CN3CCN(C(=O)n4ccc(NS(C)(=O)=O)n4)CC3)ccc2C)CC1. The summed E-state index contributed by atoms with van der Waals surface area (Å²) < 4.78 is 26.2. The quantitative estimate of drug-likeness (QED) is 0.595. The molecule has 0 saturated carbocycles. The molecule has 2 aliphatic rings. The lowest BCUT2D eigenvalue weighted by Gasteiger charge is -2.36. The number of benzene rings is 1. The Hall–Kier alpha value is -3.12. The predicted molar refractivity (Wildman–Crippen MR) is 139 cm³/mol. The molecule has 4 rings (SSSR count). The molecule has 0 unspecified atom stereocenters. The van der Waals surface area contributed by atoms with Crippen LogP contribution in [-0.4, -0.2) is 91.5 Å². The molecule has 2 amide bonds. The zero-order valence-electron chi connectivity index (χ0n) is 21.1. The van der Waals surface area contributed by atoms with Gasteiger partial charge in [-0.1, -0.05) is 12.1 Å². The number of carbonyl (C=O) groups excluding carboxylic acids is 2. The lowest BCUT2D eigenvalue weighted by molar-refractivity contribution is -0.119. The molecule has 12 heteroatoms. The van der Waals surface area contributed by atoms with Gasteiger partial charge in [0.2, 0.25) is 15.9 Å². The number of piperidine rings is 1. The smallest absolute Gasteiger partial charge is 0.344 e. The average Bonchev–Trinajstić information content (AvgIpc) is 3.27. The van der Waals surface area contributed by atoms with E-state index in [0.717, 1.165) is 51.8 Å². The number of anilines is 2. The van der Waals surface area contributed by atoms with Gasteiger partial charge in [0, 0.05) is 76.7 Å². The Kier molecular flexibility index (Phi) is 7.84. The molecule has 2 fully saturated rings. The molecule has 36 heavy (non-hydrogen) atoms. The summed E-state index contributed by atoms with van der Waals surface area (Å²) in [5, 5.41) is 7.07. The highest BCUT2D eigenvalue weighted by Crippen LogP contribution is 2.26. The van der Waals surface area contributed by atoms with Gasteiger partial charge in [-0.15, -0.1) is 5.10 Å². The van der Waals surface area contributed by atoms with E-state index in [1.54, 1.807) is 11.8 Å². The van der Waals surface area contributed by atoms with Gasteiger partial charge in [-0.05, 0) is 37.0 Å². The normalized spacial score (nSPS) is 17.8. The molecule has 196 valence electrons. The second kappa shape index (κ2) is 10.9. The second-order valence-electron chi connectivity index (χ2n) is 9.65. The van der Waals surface area contributed by atoms with Crippen LogP contribution in [0.2, 0.25) is 0 Å². The minimum absolute atomic E-state index is 0.0340. The van der Waals surface area contributed by atoms with E-state index in [-0.39, 0.29) is 23.8 Å². The maximum atomic E-state index is 12.8. The van der Waals surface area contributed by atoms with Crippen LogP contribution in [0.4, 0.5) is 16.3 Å². The van der Waals surface area contributed by atoms with Crippen molar-refractivity contribution in [3.63, 3.8) is 0 Å². The summed E-state index contributed by atoms with van der Waals surface area (Å²) in [7, 11) is -3.45. The fraction of sp³-hybridized carbons (Fsp3) is 0.542. The Balaban J connectivity index is 1.30. The average molecular weight is 518 g/mol. The molecule has 2 saturated heterocycles. The number of sulfonamides is 1. The number of hydrogen-bond acceptors (Lipinski definition) is 7. The van der Waals surface area contributed by atoms with Crippen molar-refractivity contribution in [1.82, 2.24) is 24.9 Å². The van der Waals surface area contributed by atoms with Crippen LogP contribution in [0.5, 0.6) is 0 Å². The standard InChI is InChI=1S/C24H35N7O4S/c1-18-4-5-20(16-22(18)29-9-6-21(7-10-29)25-19(2)32)17-28-12-14-30(15-13-28)24(33)31-11-8-23(26-31)27-36(3,34)35/h4-5,8,11,16,21H,6-7,9-10,12-15,17H2,1-3H3,(H,25,32)(H,26,27). The molecule has 2 aliphatic heterocycles. The Labute approximate surface area is 212 Å². The van der Waals surface area contributed by atoms with E-state index >= 15 is 0 Å². The molecule has 1 aromatic carbocycles. The van der Waals surface area contributed by atoms with Gasteiger partial charge < -0.3 is 15.1 Å². The van der Waals surface area contributed by atoms with Gasteiger partial charge in [0.1, 0.15) is 0 Å². The van der Waals surface area contributed by atoms with Gasteiger partial charge in [0.25, 0.3) is 0 Å². The summed E-state index contributed by atoms with van der Waals surface area (Å²) in [6.07, 6.45) is 4.40. The fourth-order valence-corrected chi connectivity index (χ4v) is 5.31. The number of nitrogens with one attached hydrogen (secondary N) is 2. The Morgan fingerprint density at radius 2 is 1.75 bits per heavy atom. The third-order valence-electron chi connectivity index (χ3n) is 6.64. The molecule has 0 spiro atoms. The van der Waals surface area contributed by atoms with Crippen LogP contribution in [0.1, 0.15) is 30.9 Å². The first-order valence-electron chi connectivity index (χ1n) is 12.2. The minimum Gasteiger partial charge on any atom is -0.371 e. The molecule has 0 aliphatic carbocycles. The van der Waals surface area contributed by atoms with Gasteiger partial charge in [-0.2, -0.15) is 4.68 Å². The molecular weight excluding hydrogens is 482 g/mol. The summed E-state index contributed by atoms with van der Waals surface area (Å²) in [5.41, 5.74) is 3.74. The van der Waals surface area contributed by atoms with Gasteiger partial charge in [-0.25, -0.2) is 13.2 Å².